The highest BCUT2D eigenvalue weighted by Gasteiger charge is 2.47. The van der Waals surface area contributed by atoms with E-state index in [1.165, 1.54) is 89.9 Å². The molecule has 0 unspecified atom stereocenters. The second-order valence-corrected chi connectivity index (χ2v) is 21.1. The fourth-order valence-corrected chi connectivity index (χ4v) is 9.43. The molecule has 0 aromatic heterocycles. The molecule has 0 saturated carbocycles. The van der Waals surface area contributed by atoms with E-state index in [4.69, 9.17) is 4.74 Å². The molecule has 0 spiro atoms. The lowest BCUT2D eigenvalue weighted by Crippen LogP contribution is -2.75. The van der Waals surface area contributed by atoms with Crippen LogP contribution < -0.4 is 21.9 Å². The number of carbonyl (C=O) groups is 1. The number of carbonyl (C=O) groups excluding carboxylic acids is 1. The number of nitrogens with zero attached hydrogens (tertiary/aromatic N) is 1. The average Bonchev–Trinajstić information content (AvgIpc) is 0.860. The highest BCUT2D eigenvalue weighted by molar-refractivity contribution is 7.20. The standard InChI is InChI=1S/C32H12BF24.C24H48NO2/c34-25(35,36)13-1-14(26(37,38)39)6-21(5-13)33(22-7-15(27(40,41)42)2-16(8-22)28(43,44)45,23-9-17(29(46,47)48)3-18(10-23)30(49,50)51)24-11-19(31(52,53)54)4-20(12-24)32(55,56)57;1-6-7-8-9-10-11-12-13-14-15-16-17-18-19-20-25(4,5)21-22-27-24(26)23(2)3/h1-12H;2,6-22H2,1,3-5H3/q-1;+1. The van der Waals surface area contributed by atoms with E-state index in [1.54, 1.807) is 6.92 Å². The van der Waals surface area contributed by atoms with Crippen molar-refractivity contribution in [1.29, 1.82) is 0 Å². The molecule has 0 aliphatic heterocycles. The van der Waals surface area contributed by atoms with E-state index < -0.39 is 195 Å². The van der Waals surface area contributed by atoms with Gasteiger partial charge in [-0.05, 0) is 44.0 Å². The summed E-state index contributed by atoms with van der Waals surface area (Å²) in [5.41, 5.74) is -29.7. The van der Waals surface area contributed by atoms with Gasteiger partial charge in [0.15, 0.2) is 0 Å². The minimum absolute atomic E-state index is 0.272. The quantitative estimate of drug-likeness (QED) is 0.0185. The van der Waals surface area contributed by atoms with Crippen molar-refractivity contribution in [2.45, 2.75) is 153 Å². The molecule has 0 atom stereocenters. The van der Waals surface area contributed by atoms with Crippen LogP contribution in [0, 0.1) is 0 Å². The molecular weight excluding hydrogens is 1190 g/mol. The first kappa shape index (κ1) is 72.7. The van der Waals surface area contributed by atoms with Gasteiger partial charge >= 0.3 is 55.4 Å². The van der Waals surface area contributed by atoms with E-state index >= 15 is 0 Å². The van der Waals surface area contributed by atoms with Crippen molar-refractivity contribution in [3.05, 3.63) is 129 Å². The Morgan fingerprint density at radius 1 is 0.369 bits per heavy atom. The van der Waals surface area contributed by atoms with Crippen LogP contribution in [0.25, 0.3) is 0 Å². The fourth-order valence-electron chi connectivity index (χ4n) is 9.43. The van der Waals surface area contributed by atoms with Crippen LogP contribution in [-0.4, -0.2) is 50.4 Å². The van der Waals surface area contributed by atoms with Gasteiger partial charge in [-0.3, -0.25) is 0 Å². The highest BCUT2D eigenvalue weighted by Crippen LogP contribution is 2.41. The summed E-state index contributed by atoms with van der Waals surface area (Å²) in [5, 5.41) is 0. The maximum Gasteiger partial charge on any atom is 0.416 e. The Morgan fingerprint density at radius 3 is 0.762 bits per heavy atom. The topological polar surface area (TPSA) is 26.3 Å². The van der Waals surface area contributed by atoms with E-state index in [-0.39, 0.29) is 5.97 Å². The van der Waals surface area contributed by atoms with Gasteiger partial charge in [0.05, 0.1) is 65.1 Å². The maximum absolute atomic E-state index is 14.2. The molecule has 0 radical (unpaired) electrons. The van der Waals surface area contributed by atoms with Crippen molar-refractivity contribution in [3.8, 4) is 0 Å². The zero-order valence-corrected chi connectivity index (χ0v) is 45.6. The number of hydrogen-bond donors (Lipinski definition) is 0. The molecular formula is C56H60BF24NO2. The molecule has 4 aromatic rings. The Labute approximate surface area is 468 Å². The molecule has 0 saturated heterocycles. The summed E-state index contributed by atoms with van der Waals surface area (Å²) >= 11 is 0. The van der Waals surface area contributed by atoms with E-state index in [0.717, 1.165) is 17.6 Å². The van der Waals surface area contributed by atoms with Crippen LogP contribution in [0.5, 0.6) is 0 Å². The summed E-state index contributed by atoms with van der Waals surface area (Å²) in [4.78, 5) is 11.4. The maximum atomic E-state index is 14.2. The largest absolute Gasteiger partial charge is 0.456 e. The smallest absolute Gasteiger partial charge is 0.416 e. The van der Waals surface area contributed by atoms with Crippen LogP contribution in [0.1, 0.15) is 148 Å². The number of hydrogen-bond acceptors (Lipinski definition) is 2. The minimum Gasteiger partial charge on any atom is -0.456 e. The summed E-state index contributed by atoms with van der Waals surface area (Å²) in [6.07, 6.45) is -35.2. The van der Waals surface area contributed by atoms with Crippen LogP contribution >= 0.6 is 0 Å². The van der Waals surface area contributed by atoms with Gasteiger partial charge in [0.25, 0.3) is 0 Å². The molecule has 4 rings (SSSR count). The number of rotatable bonds is 23. The molecule has 0 fully saturated rings. The summed E-state index contributed by atoms with van der Waals surface area (Å²) in [6.45, 7) is 10.1. The second-order valence-electron chi connectivity index (χ2n) is 21.1. The molecule has 84 heavy (non-hydrogen) atoms. The van der Waals surface area contributed by atoms with Gasteiger partial charge in [0.2, 0.25) is 0 Å². The summed E-state index contributed by atoms with van der Waals surface area (Å²) < 4.78 is 347. The molecule has 0 aliphatic carbocycles. The SMILES string of the molecule is C=C(C)C(=O)OCC[N+](C)(C)CCCCCCCCCCCCCCCC.FC(F)(F)c1cc([B-](c2cc(C(F)(F)F)cc(C(F)(F)F)c2)(c2cc(C(F)(F)F)cc(C(F)(F)F)c2)c2cc(C(F)(F)F)cc(C(F)(F)F)c2)cc(C(F)(F)F)c1. The first-order chi connectivity index (χ1) is 38.1. The predicted octanol–water partition coefficient (Wildman–Crippen LogP) is 17.9. The van der Waals surface area contributed by atoms with Gasteiger partial charge in [-0.2, -0.15) is 127 Å². The van der Waals surface area contributed by atoms with Crippen LogP contribution in [0.4, 0.5) is 105 Å². The number of alkyl halides is 24. The van der Waals surface area contributed by atoms with Crippen LogP contribution in [0.2, 0.25) is 0 Å². The zero-order valence-electron chi connectivity index (χ0n) is 45.6. The lowest BCUT2D eigenvalue weighted by Gasteiger charge is -2.46. The van der Waals surface area contributed by atoms with E-state index in [0.29, 0.717) is 12.2 Å². The molecule has 0 bridgehead atoms. The Morgan fingerprint density at radius 2 is 0.571 bits per heavy atom. The molecule has 0 aliphatic rings. The molecule has 4 aromatic carbocycles. The van der Waals surface area contributed by atoms with Crippen molar-refractivity contribution < 1.29 is 119 Å². The van der Waals surface area contributed by atoms with Gasteiger partial charge in [0, 0.05) is 5.57 Å². The number of likely N-dealkylation sites (N-methyl/N-ethyl adjacent to an activating group) is 1. The van der Waals surface area contributed by atoms with Crippen LogP contribution in [0.3, 0.4) is 0 Å². The van der Waals surface area contributed by atoms with Gasteiger partial charge < -0.3 is 9.22 Å². The number of ether oxygens (including phenoxy) is 1. The number of esters is 1. The van der Waals surface area contributed by atoms with Crippen molar-refractivity contribution in [3.63, 3.8) is 0 Å². The molecule has 0 heterocycles. The first-order valence-electron chi connectivity index (χ1n) is 26.2. The summed E-state index contributed by atoms with van der Waals surface area (Å²) in [7, 11) is 4.44. The normalized spacial score (nSPS) is 13.4. The molecule has 472 valence electrons. The van der Waals surface area contributed by atoms with Crippen molar-refractivity contribution in [2.75, 3.05) is 33.8 Å². The molecule has 0 amide bonds. The zero-order chi connectivity index (χ0) is 64.3. The van der Waals surface area contributed by atoms with Gasteiger partial charge in [-0.25, -0.2) is 4.79 Å². The molecule has 3 nitrogen and oxygen atoms in total. The van der Waals surface area contributed by atoms with Crippen molar-refractivity contribution in [1.82, 2.24) is 0 Å². The minimum atomic E-state index is -6.13. The van der Waals surface area contributed by atoms with E-state index in [9.17, 15) is 110 Å². The van der Waals surface area contributed by atoms with Gasteiger partial charge in [-0.1, -0.05) is 139 Å². The summed E-state index contributed by atoms with van der Waals surface area (Å²) in [5.74, 6) is -0.272. The fraction of sp³-hybridized carbons (Fsp3) is 0.518. The lowest BCUT2D eigenvalue weighted by atomic mass is 9.12. The number of unbranched alkanes of at least 4 members (excludes halogenated alkanes) is 13. The van der Waals surface area contributed by atoms with E-state index in [2.05, 4.69) is 27.6 Å². The Bertz CT molecular complexity index is 2360. The Hall–Kier alpha value is -5.57. The molecule has 0 N–H and O–H groups in total. The third-order valence-electron chi connectivity index (χ3n) is 13.8. The molecule has 28 heteroatoms. The third-order valence-corrected chi connectivity index (χ3v) is 13.8. The lowest BCUT2D eigenvalue weighted by molar-refractivity contribution is -0.890. The predicted molar refractivity (Wildman–Crippen MR) is 268 cm³/mol. The Kier molecular flexibility index (Phi) is 24.5. The Balaban J connectivity index is 0.000000576. The average molecular weight is 1250 g/mol. The first-order valence-corrected chi connectivity index (χ1v) is 26.2. The van der Waals surface area contributed by atoms with Gasteiger partial charge in [-0.15, -0.1) is 0 Å². The van der Waals surface area contributed by atoms with Crippen molar-refractivity contribution >= 4 is 34.0 Å². The van der Waals surface area contributed by atoms with Gasteiger partial charge in [0.1, 0.15) is 19.3 Å². The third kappa shape index (κ3) is 21.4. The highest BCUT2D eigenvalue weighted by atomic mass is 19.4. The second kappa shape index (κ2) is 28.3. The number of halogens is 24. The number of quaternary nitrogens is 1. The van der Waals surface area contributed by atoms with E-state index in [1.807, 2.05) is 0 Å². The monoisotopic (exact) mass is 1250 g/mol. The van der Waals surface area contributed by atoms with Crippen LogP contribution in [-0.2, 0) is 58.9 Å². The van der Waals surface area contributed by atoms with Crippen molar-refractivity contribution in [2.24, 2.45) is 0 Å². The summed E-state index contributed by atoms with van der Waals surface area (Å²) in [6, 6.07) is -8.81. The van der Waals surface area contributed by atoms with Crippen LogP contribution in [0.15, 0.2) is 84.9 Å². The number of benzene rings is 4.